The van der Waals surface area contributed by atoms with E-state index in [1.54, 1.807) is 32.2 Å². The van der Waals surface area contributed by atoms with Crippen LogP contribution in [0.2, 0.25) is 0 Å². The van der Waals surface area contributed by atoms with Gasteiger partial charge in [-0.3, -0.25) is 0 Å². The maximum atomic E-state index is 12.3. The smallest absolute Gasteiger partial charge is 0.241 e. The quantitative estimate of drug-likeness (QED) is 0.819. The lowest BCUT2D eigenvalue weighted by Crippen LogP contribution is -2.33. The van der Waals surface area contributed by atoms with Crippen molar-refractivity contribution in [3.63, 3.8) is 0 Å². The summed E-state index contributed by atoms with van der Waals surface area (Å²) in [7, 11) is -1.86. The Morgan fingerprint density at radius 3 is 2.74 bits per heavy atom. The van der Waals surface area contributed by atoms with Crippen LogP contribution in [0, 0.1) is 6.92 Å². The fourth-order valence-electron chi connectivity index (χ4n) is 2.47. The van der Waals surface area contributed by atoms with Crippen LogP contribution in [-0.2, 0) is 14.8 Å². The van der Waals surface area contributed by atoms with Gasteiger partial charge in [0.1, 0.15) is 0 Å². The van der Waals surface area contributed by atoms with Crippen molar-refractivity contribution in [2.45, 2.75) is 43.2 Å². The van der Waals surface area contributed by atoms with E-state index in [0.29, 0.717) is 11.3 Å². The predicted molar refractivity (Wildman–Crippen MR) is 74.3 cm³/mol. The van der Waals surface area contributed by atoms with Crippen LogP contribution in [0.4, 0.5) is 5.69 Å². The molecule has 2 rings (SSSR count). The van der Waals surface area contributed by atoms with Crippen LogP contribution >= 0.6 is 0 Å². The first-order valence-corrected chi connectivity index (χ1v) is 7.82. The van der Waals surface area contributed by atoms with E-state index in [-0.39, 0.29) is 17.0 Å². The molecule has 0 saturated heterocycles. The van der Waals surface area contributed by atoms with Crippen molar-refractivity contribution in [1.29, 1.82) is 0 Å². The van der Waals surface area contributed by atoms with E-state index in [0.717, 1.165) is 19.3 Å². The lowest BCUT2D eigenvalue weighted by Gasteiger charge is -2.15. The first-order chi connectivity index (χ1) is 8.94. The van der Waals surface area contributed by atoms with Gasteiger partial charge < -0.3 is 10.5 Å². The van der Waals surface area contributed by atoms with E-state index >= 15 is 0 Å². The minimum Gasteiger partial charge on any atom is -0.398 e. The standard InChI is InChI=1S/C13H20N2O3S/c1-9-12(14)4-3-5-13(9)19(16,17)15-10-6-7-11(8-10)18-2/h3-5,10-11,15H,6-8,14H2,1-2H3. The molecule has 0 aliphatic heterocycles. The van der Waals surface area contributed by atoms with E-state index in [2.05, 4.69) is 4.72 Å². The van der Waals surface area contributed by atoms with Gasteiger partial charge in [-0.15, -0.1) is 0 Å². The highest BCUT2D eigenvalue weighted by Gasteiger charge is 2.29. The SMILES string of the molecule is COC1CCC(NS(=O)(=O)c2cccc(N)c2C)C1. The molecule has 1 fully saturated rings. The van der Waals surface area contributed by atoms with Crippen LogP contribution in [0.3, 0.4) is 0 Å². The number of methoxy groups -OCH3 is 1. The van der Waals surface area contributed by atoms with Gasteiger partial charge in [-0.05, 0) is 43.9 Å². The van der Waals surface area contributed by atoms with Crippen LogP contribution in [-0.4, -0.2) is 27.7 Å². The van der Waals surface area contributed by atoms with Crippen LogP contribution in [0.15, 0.2) is 23.1 Å². The predicted octanol–water partition coefficient (Wildman–Crippen LogP) is 1.42. The Labute approximate surface area is 114 Å². The molecule has 1 aromatic rings. The number of nitrogens with two attached hydrogens (primary N) is 1. The lowest BCUT2D eigenvalue weighted by atomic mass is 10.2. The van der Waals surface area contributed by atoms with Gasteiger partial charge in [-0.25, -0.2) is 13.1 Å². The summed E-state index contributed by atoms with van der Waals surface area (Å²) >= 11 is 0. The third kappa shape index (κ3) is 3.08. The number of nitrogen functional groups attached to an aromatic ring is 1. The molecule has 1 aliphatic carbocycles. The molecule has 0 radical (unpaired) electrons. The van der Waals surface area contributed by atoms with Gasteiger partial charge >= 0.3 is 0 Å². The Balaban J connectivity index is 2.17. The van der Waals surface area contributed by atoms with Crippen molar-refractivity contribution >= 4 is 15.7 Å². The zero-order valence-corrected chi connectivity index (χ0v) is 12.0. The number of hydrogen-bond acceptors (Lipinski definition) is 4. The molecule has 5 nitrogen and oxygen atoms in total. The van der Waals surface area contributed by atoms with Crippen molar-refractivity contribution < 1.29 is 13.2 Å². The summed E-state index contributed by atoms with van der Waals surface area (Å²) in [5.74, 6) is 0. The number of ether oxygens (including phenoxy) is 1. The van der Waals surface area contributed by atoms with Gasteiger partial charge in [0.15, 0.2) is 0 Å². The van der Waals surface area contributed by atoms with Gasteiger partial charge in [0.05, 0.1) is 11.0 Å². The highest BCUT2D eigenvalue weighted by molar-refractivity contribution is 7.89. The summed E-state index contributed by atoms with van der Waals surface area (Å²) < 4.78 is 32.7. The van der Waals surface area contributed by atoms with Crippen LogP contribution in [0.5, 0.6) is 0 Å². The monoisotopic (exact) mass is 284 g/mol. The second kappa shape index (κ2) is 5.48. The molecule has 0 heterocycles. The summed E-state index contributed by atoms with van der Waals surface area (Å²) in [6, 6.07) is 4.88. The van der Waals surface area contributed by atoms with Gasteiger partial charge in [-0.2, -0.15) is 0 Å². The maximum Gasteiger partial charge on any atom is 0.241 e. The van der Waals surface area contributed by atoms with Crippen molar-refractivity contribution in [3.8, 4) is 0 Å². The average molecular weight is 284 g/mol. The van der Waals surface area contributed by atoms with E-state index in [4.69, 9.17) is 10.5 Å². The molecule has 0 bridgehead atoms. The minimum absolute atomic E-state index is 0.0595. The second-order valence-corrected chi connectivity index (χ2v) is 6.64. The molecule has 2 atom stereocenters. The molecule has 0 aromatic heterocycles. The molecule has 0 spiro atoms. The fourth-order valence-corrected chi connectivity index (χ4v) is 4.03. The van der Waals surface area contributed by atoms with E-state index in [1.165, 1.54) is 0 Å². The van der Waals surface area contributed by atoms with E-state index in [9.17, 15) is 8.42 Å². The van der Waals surface area contributed by atoms with E-state index in [1.807, 2.05) is 0 Å². The largest absolute Gasteiger partial charge is 0.398 e. The van der Waals surface area contributed by atoms with Crippen molar-refractivity contribution in [1.82, 2.24) is 4.72 Å². The number of hydrogen-bond donors (Lipinski definition) is 2. The van der Waals surface area contributed by atoms with E-state index < -0.39 is 10.0 Å². The number of rotatable bonds is 4. The Kier molecular flexibility index (Phi) is 4.13. The number of anilines is 1. The Morgan fingerprint density at radius 2 is 2.11 bits per heavy atom. The van der Waals surface area contributed by atoms with Gasteiger partial charge in [0.2, 0.25) is 10.0 Å². The van der Waals surface area contributed by atoms with Gasteiger partial charge in [0.25, 0.3) is 0 Å². The molecule has 19 heavy (non-hydrogen) atoms. The Bertz CT molecular complexity index is 557. The highest BCUT2D eigenvalue weighted by Crippen LogP contribution is 2.25. The van der Waals surface area contributed by atoms with Gasteiger partial charge in [-0.1, -0.05) is 6.07 Å². The average Bonchev–Trinajstić information content (AvgIpc) is 2.79. The van der Waals surface area contributed by atoms with Crippen molar-refractivity contribution in [2.24, 2.45) is 0 Å². The molecular formula is C13H20N2O3S. The first-order valence-electron chi connectivity index (χ1n) is 6.34. The number of sulfonamides is 1. The lowest BCUT2D eigenvalue weighted by molar-refractivity contribution is 0.107. The molecule has 6 heteroatoms. The minimum atomic E-state index is -3.51. The summed E-state index contributed by atoms with van der Waals surface area (Å²) in [6.07, 6.45) is 2.56. The summed E-state index contributed by atoms with van der Waals surface area (Å²) in [6.45, 7) is 1.72. The van der Waals surface area contributed by atoms with Crippen LogP contribution in [0.25, 0.3) is 0 Å². The summed E-state index contributed by atoms with van der Waals surface area (Å²) in [4.78, 5) is 0.258. The van der Waals surface area contributed by atoms with Crippen LogP contribution in [0.1, 0.15) is 24.8 Å². The third-order valence-corrected chi connectivity index (χ3v) is 5.32. The maximum absolute atomic E-state index is 12.3. The molecule has 1 aliphatic rings. The molecular weight excluding hydrogens is 264 g/mol. The van der Waals surface area contributed by atoms with Crippen molar-refractivity contribution in [3.05, 3.63) is 23.8 Å². The molecule has 1 aromatic carbocycles. The van der Waals surface area contributed by atoms with Gasteiger partial charge in [0, 0.05) is 18.8 Å². The highest BCUT2D eigenvalue weighted by atomic mass is 32.2. The molecule has 106 valence electrons. The molecule has 0 amide bonds. The number of benzene rings is 1. The topological polar surface area (TPSA) is 81.4 Å². The third-order valence-electron chi connectivity index (χ3n) is 3.66. The summed E-state index contributed by atoms with van der Waals surface area (Å²) in [5.41, 5.74) is 6.84. The van der Waals surface area contributed by atoms with Crippen LogP contribution < -0.4 is 10.5 Å². The number of nitrogens with one attached hydrogen (secondary N) is 1. The zero-order chi connectivity index (χ0) is 14.0. The zero-order valence-electron chi connectivity index (χ0n) is 11.2. The summed E-state index contributed by atoms with van der Waals surface area (Å²) in [5, 5.41) is 0. The Morgan fingerprint density at radius 1 is 1.37 bits per heavy atom. The normalized spacial score (nSPS) is 23.7. The van der Waals surface area contributed by atoms with Crippen molar-refractivity contribution in [2.75, 3.05) is 12.8 Å². The first kappa shape index (κ1) is 14.3. The molecule has 3 N–H and O–H groups in total. The second-order valence-electron chi connectivity index (χ2n) is 4.96. The Hall–Kier alpha value is -1.11. The molecule has 2 unspecified atom stereocenters. The molecule has 1 saturated carbocycles. The fraction of sp³-hybridized carbons (Fsp3) is 0.538.